The third-order valence-electron chi connectivity index (χ3n) is 7.79. The number of aromatic nitrogens is 1. The van der Waals surface area contributed by atoms with Crippen LogP contribution in [0.2, 0.25) is 0 Å². The summed E-state index contributed by atoms with van der Waals surface area (Å²) < 4.78 is 1.60. The number of pyridine rings is 1. The zero-order valence-corrected chi connectivity index (χ0v) is 22.9. The quantitative estimate of drug-likeness (QED) is 0.384. The summed E-state index contributed by atoms with van der Waals surface area (Å²) in [5.74, 6) is -2.64. The minimum absolute atomic E-state index is 0.000700. The summed E-state index contributed by atoms with van der Waals surface area (Å²) in [6.07, 6.45) is 2.07. The standard InChI is InChI=1S/C26H34N4O7S/c1-12(6-13(2)31)20-21-14(3)23(22(26(36)37)30(21)25(20)35)38-16-8-17(27-9-16)24(34)29(5)10-15-7-18(32)19(33)11-28(15)4/h7,11-12,14,16-17,20-21,27,33H,6,8-10H2,1-5H3,(H,36,37)/t12-,14+,16-,17-,20+,21-/m0/s1. The highest BCUT2D eigenvalue weighted by Gasteiger charge is 2.60. The fourth-order valence-corrected chi connectivity index (χ4v) is 7.39. The van der Waals surface area contributed by atoms with Crippen molar-refractivity contribution in [3.8, 4) is 5.75 Å². The lowest BCUT2D eigenvalue weighted by Gasteiger charge is -2.47. The lowest BCUT2D eigenvalue weighted by molar-refractivity contribution is -0.160. The van der Waals surface area contributed by atoms with Crippen molar-refractivity contribution in [3.05, 3.63) is 38.8 Å². The summed E-state index contributed by atoms with van der Waals surface area (Å²) in [6, 6.07) is 0.552. The van der Waals surface area contributed by atoms with Gasteiger partial charge in [0.25, 0.3) is 0 Å². The number of carbonyl (C=O) groups excluding carboxylic acids is 3. The molecule has 0 bridgehead atoms. The van der Waals surface area contributed by atoms with E-state index in [1.807, 2.05) is 13.8 Å². The number of aliphatic carboxylic acids is 1. The van der Waals surface area contributed by atoms with Crippen molar-refractivity contribution in [2.45, 2.75) is 57.5 Å². The molecule has 6 atom stereocenters. The number of amides is 2. The lowest BCUT2D eigenvalue weighted by Crippen LogP contribution is -2.62. The molecule has 2 amide bonds. The molecule has 2 saturated heterocycles. The number of fused-ring (bicyclic) bond motifs is 1. The summed E-state index contributed by atoms with van der Waals surface area (Å²) in [5.41, 5.74) is 0.0824. The van der Waals surface area contributed by atoms with Crippen molar-refractivity contribution in [3.63, 3.8) is 0 Å². The van der Waals surface area contributed by atoms with E-state index in [9.17, 15) is 34.2 Å². The molecular weight excluding hydrogens is 512 g/mol. The summed E-state index contributed by atoms with van der Waals surface area (Å²) in [4.78, 5) is 65.3. The fraction of sp³-hybridized carbons (Fsp3) is 0.577. The monoisotopic (exact) mass is 546 g/mol. The Bertz CT molecular complexity index is 1270. The molecule has 4 rings (SSSR count). The first-order chi connectivity index (χ1) is 17.8. The van der Waals surface area contributed by atoms with Gasteiger partial charge in [0.05, 0.1) is 24.5 Å². The lowest BCUT2D eigenvalue weighted by atomic mass is 9.73. The number of likely N-dealkylation sites (N-methyl/N-ethyl adjacent to an activating group) is 1. The van der Waals surface area contributed by atoms with Crippen molar-refractivity contribution in [2.75, 3.05) is 13.6 Å². The topological polar surface area (TPSA) is 149 Å². The molecule has 4 heterocycles. The zero-order valence-electron chi connectivity index (χ0n) is 22.1. The van der Waals surface area contributed by atoms with Gasteiger partial charge in [-0.1, -0.05) is 13.8 Å². The number of β-lactam (4-membered cyclic amide) rings is 1. The van der Waals surface area contributed by atoms with E-state index in [-0.39, 0.29) is 71.1 Å². The number of hydrogen-bond donors (Lipinski definition) is 3. The molecular formula is C26H34N4O7S. The van der Waals surface area contributed by atoms with Crippen molar-refractivity contribution in [1.82, 2.24) is 19.7 Å². The largest absolute Gasteiger partial charge is 0.503 e. The number of nitrogens with zero attached hydrogens (tertiary/aromatic N) is 3. The van der Waals surface area contributed by atoms with Crippen LogP contribution in [-0.4, -0.2) is 79.1 Å². The summed E-state index contributed by atoms with van der Waals surface area (Å²) in [7, 11) is 3.33. The highest BCUT2D eigenvalue weighted by atomic mass is 32.2. The second-order valence-corrected chi connectivity index (χ2v) is 12.0. The van der Waals surface area contributed by atoms with Gasteiger partial charge >= 0.3 is 5.97 Å². The van der Waals surface area contributed by atoms with Crippen LogP contribution in [0.15, 0.2) is 27.7 Å². The first kappa shape index (κ1) is 27.9. The van der Waals surface area contributed by atoms with Crippen LogP contribution in [0.1, 0.15) is 39.3 Å². The first-order valence-corrected chi connectivity index (χ1v) is 13.5. The zero-order chi connectivity index (χ0) is 28.0. The van der Waals surface area contributed by atoms with Crippen molar-refractivity contribution < 1.29 is 29.4 Å². The van der Waals surface area contributed by atoms with Crippen LogP contribution < -0.4 is 10.7 Å². The number of carboxylic acid groups (broad SMARTS) is 1. The number of carbonyl (C=O) groups is 4. The van der Waals surface area contributed by atoms with Gasteiger partial charge in [0.15, 0.2) is 5.75 Å². The number of aryl methyl sites for hydroxylation is 1. The number of aromatic hydroxyl groups is 1. The third kappa shape index (κ3) is 4.98. The molecule has 206 valence electrons. The predicted molar refractivity (Wildman–Crippen MR) is 140 cm³/mol. The van der Waals surface area contributed by atoms with Gasteiger partial charge in [0.1, 0.15) is 11.5 Å². The Morgan fingerprint density at radius 2 is 1.97 bits per heavy atom. The average Bonchev–Trinajstić information content (AvgIpc) is 3.38. The molecule has 3 N–H and O–H groups in total. The van der Waals surface area contributed by atoms with Crippen LogP contribution in [-0.2, 0) is 32.8 Å². The molecule has 1 aromatic rings. The highest BCUT2D eigenvalue weighted by molar-refractivity contribution is 8.03. The van der Waals surface area contributed by atoms with Gasteiger partial charge in [-0.2, -0.15) is 0 Å². The van der Waals surface area contributed by atoms with Gasteiger partial charge in [-0.05, 0) is 19.3 Å². The molecule has 0 aromatic carbocycles. The van der Waals surface area contributed by atoms with E-state index >= 15 is 0 Å². The molecule has 0 saturated carbocycles. The summed E-state index contributed by atoms with van der Waals surface area (Å²) in [6.45, 7) is 5.97. The van der Waals surface area contributed by atoms with Crippen molar-refractivity contribution >= 4 is 35.3 Å². The molecule has 3 aliphatic rings. The minimum atomic E-state index is -1.15. The number of nitrogens with one attached hydrogen (secondary N) is 1. The Morgan fingerprint density at radius 1 is 1.29 bits per heavy atom. The van der Waals surface area contributed by atoms with Crippen LogP contribution in [0.25, 0.3) is 0 Å². The number of thioether (sulfide) groups is 1. The summed E-state index contributed by atoms with van der Waals surface area (Å²) in [5, 5.41) is 22.7. The average molecular weight is 547 g/mol. The van der Waals surface area contributed by atoms with E-state index < -0.39 is 17.4 Å². The normalized spacial score (nSPS) is 27.2. The van der Waals surface area contributed by atoms with E-state index in [1.54, 1.807) is 18.7 Å². The first-order valence-electron chi connectivity index (χ1n) is 12.6. The molecule has 12 heteroatoms. The molecule has 3 aliphatic heterocycles. The fourth-order valence-electron chi connectivity index (χ4n) is 5.91. The molecule has 38 heavy (non-hydrogen) atoms. The van der Waals surface area contributed by atoms with Crippen LogP contribution in [0, 0.1) is 17.8 Å². The van der Waals surface area contributed by atoms with Crippen LogP contribution in [0.3, 0.4) is 0 Å². The second kappa shape index (κ2) is 10.6. The number of Topliss-reactive ketones (excluding diaryl/α,β-unsaturated/α-hetero) is 1. The Kier molecular flexibility index (Phi) is 7.76. The third-order valence-corrected chi connectivity index (χ3v) is 9.30. The number of carboxylic acids is 1. The van der Waals surface area contributed by atoms with Crippen molar-refractivity contribution in [2.24, 2.45) is 24.8 Å². The van der Waals surface area contributed by atoms with E-state index in [2.05, 4.69) is 5.32 Å². The molecule has 0 unspecified atom stereocenters. The van der Waals surface area contributed by atoms with Crippen LogP contribution in [0.5, 0.6) is 5.75 Å². The maximum absolute atomic E-state index is 13.1. The molecule has 1 aromatic heterocycles. The van der Waals surface area contributed by atoms with Crippen molar-refractivity contribution in [1.29, 1.82) is 0 Å². The number of ketones is 1. The Hall–Kier alpha value is -3.12. The van der Waals surface area contributed by atoms with E-state index in [1.165, 1.54) is 40.7 Å². The Balaban J connectivity index is 1.43. The minimum Gasteiger partial charge on any atom is -0.503 e. The smallest absolute Gasteiger partial charge is 0.353 e. The van der Waals surface area contributed by atoms with Gasteiger partial charge < -0.3 is 34.7 Å². The van der Waals surface area contributed by atoms with Gasteiger partial charge in [-0.3, -0.25) is 14.4 Å². The highest BCUT2D eigenvalue weighted by Crippen LogP contribution is 2.53. The Morgan fingerprint density at radius 3 is 2.61 bits per heavy atom. The Labute approximate surface area is 224 Å². The van der Waals surface area contributed by atoms with Crippen LogP contribution in [0.4, 0.5) is 0 Å². The van der Waals surface area contributed by atoms with Crippen LogP contribution >= 0.6 is 11.8 Å². The summed E-state index contributed by atoms with van der Waals surface area (Å²) >= 11 is 1.41. The van der Waals surface area contributed by atoms with E-state index in [4.69, 9.17) is 0 Å². The van der Waals surface area contributed by atoms with Gasteiger partial charge in [0.2, 0.25) is 17.2 Å². The number of rotatable bonds is 9. The van der Waals surface area contributed by atoms with Gasteiger partial charge in [-0.25, -0.2) is 4.79 Å². The maximum atomic E-state index is 13.1. The maximum Gasteiger partial charge on any atom is 0.353 e. The van der Waals surface area contributed by atoms with Gasteiger partial charge in [0, 0.05) is 61.1 Å². The van der Waals surface area contributed by atoms with E-state index in [0.717, 1.165) is 0 Å². The second-order valence-electron chi connectivity index (χ2n) is 10.7. The predicted octanol–water partition coefficient (Wildman–Crippen LogP) is 0.901. The molecule has 0 aliphatic carbocycles. The van der Waals surface area contributed by atoms with E-state index in [0.29, 0.717) is 23.6 Å². The SMILES string of the molecule is CC(=O)C[C@H](C)[C@H]1C(=O)N2C(C(=O)O)=C(S[C@@H]3CN[C@H](C(=O)N(C)Cc4cc(=O)c(O)cn4C)C3)[C@H](C)[C@@H]12. The molecule has 2 fully saturated rings. The molecule has 0 spiro atoms. The van der Waals surface area contributed by atoms with Gasteiger partial charge in [-0.15, -0.1) is 11.8 Å². The number of hydrogen-bond acceptors (Lipinski definition) is 8. The molecule has 0 radical (unpaired) electrons. The molecule has 11 nitrogen and oxygen atoms in total.